The number of rotatable bonds is 5. The molecule has 0 saturated heterocycles. The lowest BCUT2D eigenvalue weighted by atomic mass is 10.1. The Balaban J connectivity index is 2.15. The van der Waals surface area contributed by atoms with E-state index >= 15 is 0 Å². The van der Waals surface area contributed by atoms with E-state index in [4.69, 9.17) is 21.4 Å². The molecule has 0 bridgehead atoms. The molecular formula is C15H13ClO3. The molecule has 4 heteroatoms. The third-order valence-corrected chi connectivity index (χ3v) is 2.84. The molecule has 0 aliphatic rings. The van der Waals surface area contributed by atoms with E-state index in [1.807, 2.05) is 30.3 Å². The lowest BCUT2D eigenvalue weighted by Gasteiger charge is -2.09. The number of aliphatic hydroxyl groups is 1. The molecule has 2 rings (SSSR count). The van der Waals surface area contributed by atoms with Gasteiger partial charge in [0, 0.05) is 5.56 Å². The van der Waals surface area contributed by atoms with E-state index in [1.54, 1.807) is 18.2 Å². The lowest BCUT2D eigenvalue weighted by molar-refractivity contribution is 0.108. The summed E-state index contributed by atoms with van der Waals surface area (Å²) in [6, 6.07) is 14.5. The highest BCUT2D eigenvalue weighted by atomic mass is 35.5. The average Bonchev–Trinajstić information content (AvgIpc) is 2.45. The molecular weight excluding hydrogens is 264 g/mol. The number of benzene rings is 2. The SMILES string of the molecule is O=C(Cl)c1cc(CO)cc(OCc2ccccc2)c1. The van der Waals surface area contributed by atoms with Crippen LogP contribution < -0.4 is 4.74 Å². The molecule has 0 amide bonds. The van der Waals surface area contributed by atoms with Crippen molar-refractivity contribution in [1.29, 1.82) is 0 Å². The molecule has 2 aromatic rings. The van der Waals surface area contributed by atoms with Crippen LogP contribution in [-0.2, 0) is 13.2 Å². The second kappa shape index (κ2) is 6.36. The third kappa shape index (κ3) is 3.81. The van der Waals surface area contributed by atoms with Crippen LogP contribution in [0.3, 0.4) is 0 Å². The Hall–Kier alpha value is -1.84. The zero-order chi connectivity index (χ0) is 13.7. The number of carbonyl (C=O) groups is 1. The maximum atomic E-state index is 11.2. The van der Waals surface area contributed by atoms with Crippen LogP contribution in [0.5, 0.6) is 5.75 Å². The molecule has 19 heavy (non-hydrogen) atoms. The minimum Gasteiger partial charge on any atom is -0.489 e. The van der Waals surface area contributed by atoms with Crippen LogP contribution in [-0.4, -0.2) is 10.3 Å². The van der Waals surface area contributed by atoms with Gasteiger partial charge in [0.25, 0.3) is 5.24 Å². The van der Waals surface area contributed by atoms with E-state index in [9.17, 15) is 4.79 Å². The number of aliphatic hydroxyl groups excluding tert-OH is 1. The standard InChI is InChI=1S/C15H13ClO3/c16-15(18)13-6-12(9-17)7-14(8-13)19-10-11-4-2-1-3-5-11/h1-8,17H,9-10H2. The van der Waals surface area contributed by atoms with Gasteiger partial charge in [-0.3, -0.25) is 4.79 Å². The molecule has 0 radical (unpaired) electrons. The Morgan fingerprint density at radius 2 is 1.84 bits per heavy atom. The highest BCUT2D eigenvalue weighted by Gasteiger charge is 2.07. The van der Waals surface area contributed by atoms with Crippen molar-refractivity contribution in [3.8, 4) is 5.75 Å². The van der Waals surface area contributed by atoms with Gasteiger partial charge in [-0.25, -0.2) is 0 Å². The van der Waals surface area contributed by atoms with Gasteiger partial charge in [-0.15, -0.1) is 0 Å². The van der Waals surface area contributed by atoms with E-state index in [-0.39, 0.29) is 6.61 Å². The maximum absolute atomic E-state index is 11.2. The quantitative estimate of drug-likeness (QED) is 0.854. The van der Waals surface area contributed by atoms with Gasteiger partial charge < -0.3 is 9.84 Å². The predicted octanol–water partition coefficient (Wildman–Crippen LogP) is 3.14. The van der Waals surface area contributed by atoms with E-state index in [1.165, 1.54) is 0 Å². The summed E-state index contributed by atoms with van der Waals surface area (Å²) in [5.74, 6) is 0.513. The van der Waals surface area contributed by atoms with Crippen LogP contribution in [0.2, 0.25) is 0 Å². The first-order valence-electron chi connectivity index (χ1n) is 5.80. The van der Waals surface area contributed by atoms with Crippen LogP contribution in [0.15, 0.2) is 48.5 Å². The average molecular weight is 277 g/mol. The first-order valence-corrected chi connectivity index (χ1v) is 6.18. The predicted molar refractivity (Wildman–Crippen MR) is 73.3 cm³/mol. The molecule has 98 valence electrons. The Kier molecular flexibility index (Phi) is 4.55. The molecule has 3 nitrogen and oxygen atoms in total. The first kappa shape index (κ1) is 13.6. The zero-order valence-electron chi connectivity index (χ0n) is 10.2. The highest BCUT2D eigenvalue weighted by Crippen LogP contribution is 2.20. The van der Waals surface area contributed by atoms with Crippen molar-refractivity contribution >= 4 is 16.8 Å². The summed E-state index contributed by atoms with van der Waals surface area (Å²) in [4.78, 5) is 11.2. The van der Waals surface area contributed by atoms with Crippen LogP contribution in [0.1, 0.15) is 21.5 Å². The fraction of sp³-hybridized carbons (Fsp3) is 0.133. The Labute approximate surface area is 116 Å². The van der Waals surface area contributed by atoms with Crippen LogP contribution in [0.4, 0.5) is 0 Å². The number of ether oxygens (including phenoxy) is 1. The highest BCUT2D eigenvalue weighted by molar-refractivity contribution is 6.67. The summed E-state index contributed by atoms with van der Waals surface area (Å²) < 4.78 is 5.60. The van der Waals surface area contributed by atoms with Crippen LogP contribution in [0.25, 0.3) is 0 Å². The van der Waals surface area contributed by atoms with Crippen molar-refractivity contribution in [1.82, 2.24) is 0 Å². The summed E-state index contributed by atoms with van der Waals surface area (Å²) in [5.41, 5.74) is 1.93. The van der Waals surface area contributed by atoms with Crippen molar-refractivity contribution in [2.75, 3.05) is 0 Å². The molecule has 0 unspecified atom stereocenters. The Morgan fingerprint density at radius 3 is 2.47 bits per heavy atom. The second-order valence-corrected chi connectivity index (χ2v) is 4.42. The van der Waals surface area contributed by atoms with Gasteiger partial charge in [-0.2, -0.15) is 0 Å². The van der Waals surface area contributed by atoms with Gasteiger partial charge in [-0.1, -0.05) is 30.3 Å². The molecule has 0 atom stereocenters. The smallest absolute Gasteiger partial charge is 0.252 e. The van der Waals surface area contributed by atoms with Crippen molar-refractivity contribution < 1.29 is 14.6 Å². The lowest BCUT2D eigenvalue weighted by Crippen LogP contribution is -1.99. The Bertz CT molecular complexity index is 567. The molecule has 0 aliphatic heterocycles. The normalized spacial score (nSPS) is 10.2. The molecule has 1 N–H and O–H groups in total. The number of halogens is 1. The number of hydrogen-bond donors (Lipinski definition) is 1. The van der Waals surface area contributed by atoms with Crippen LogP contribution >= 0.6 is 11.6 Å². The van der Waals surface area contributed by atoms with Crippen molar-refractivity contribution in [3.05, 3.63) is 65.2 Å². The molecule has 0 aliphatic carbocycles. The van der Waals surface area contributed by atoms with E-state index < -0.39 is 5.24 Å². The monoisotopic (exact) mass is 276 g/mol. The van der Waals surface area contributed by atoms with E-state index in [0.717, 1.165) is 5.56 Å². The second-order valence-electron chi connectivity index (χ2n) is 4.07. The minimum absolute atomic E-state index is 0.167. The number of carbonyl (C=O) groups excluding carboxylic acids is 1. The zero-order valence-corrected chi connectivity index (χ0v) is 10.9. The minimum atomic E-state index is -0.570. The number of hydrogen-bond acceptors (Lipinski definition) is 3. The summed E-state index contributed by atoms with van der Waals surface area (Å²) >= 11 is 5.45. The topological polar surface area (TPSA) is 46.5 Å². The van der Waals surface area contributed by atoms with E-state index in [0.29, 0.717) is 23.5 Å². The van der Waals surface area contributed by atoms with Gasteiger partial charge in [0.05, 0.1) is 6.61 Å². The summed E-state index contributed by atoms with van der Waals surface area (Å²) in [5, 5.41) is 8.57. The summed E-state index contributed by atoms with van der Waals surface area (Å²) in [7, 11) is 0. The molecule has 2 aromatic carbocycles. The molecule has 0 aromatic heterocycles. The van der Waals surface area contributed by atoms with Gasteiger partial charge in [0.15, 0.2) is 0 Å². The first-order chi connectivity index (χ1) is 9.19. The van der Waals surface area contributed by atoms with Crippen LogP contribution in [0, 0.1) is 0 Å². The largest absolute Gasteiger partial charge is 0.489 e. The van der Waals surface area contributed by atoms with Crippen molar-refractivity contribution in [3.63, 3.8) is 0 Å². The fourth-order valence-electron chi connectivity index (χ4n) is 1.69. The van der Waals surface area contributed by atoms with Crippen molar-refractivity contribution in [2.45, 2.75) is 13.2 Å². The summed E-state index contributed by atoms with van der Waals surface area (Å²) in [6.07, 6.45) is 0. The van der Waals surface area contributed by atoms with Gasteiger partial charge in [0.1, 0.15) is 12.4 Å². The van der Waals surface area contributed by atoms with E-state index in [2.05, 4.69) is 0 Å². The Morgan fingerprint density at radius 1 is 1.11 bits per heavy atom. The molecule has 0 spiro atoms. The molecule has 0 fully saturated rings. The van der Waals surface area contributed by atoms with Gasteiger partial charge >= 0.3 is 0 Å². The van der Waals surface area contributed by atoms with Crippen molar-refractivity contribution in [2.24, 2.45) is 0 Å². The van der Waals surface area contributed by atoms with Gasteiger partial charge in [-0.05, 0) is 40.9 Å². The van der Waals surface area contributed by atoms with Gasteiger partial charge in [0.2, 0.25) is 0 Å². The third-order valence-electron chi connectivity index (χ3n) is 2.62. The molecule has 0 heterocycles. The molecule has 0 saturated carbocycles. The summed E-state index contributed by atoms with van der Waals surface area (Å²) in [6.45, 7) is 0.228. The maximum Gasteiger partial charge on any atom is 0.252 e. The fourth-order valence-corrected chi connectivity index (χ4v) is 1.80.